The molecule has 0 saturated heterocycles. The summed E-state index contributed by atoms with van der Waals surface area (Å²) in [6, 6.07) is 0. The van der Waals surface area contributed by atoms with Gasteiger partial charge in [0, 0.05) is 6.61 Å². The van der Waals surface area contributed by atoms with Gasteiger partial charge in [-0.25, -0.2) is 0 Å². The molecule has 4 heteroatoms. The van der Waals surface area contributed by atoms with E-state index in [4.69, 9.17) is 10.5 Å². The molecule has 100 valence electrons. The highest BCUT2D eigenvalue weighted by molar-refractivity contribution is 5.84. The fourth-order valence-electron chi connectivity index (χ4n) is 2.28. The van der Waals surface area contributed by atoms with Crippen molar-refractivity contribution in [3.8, 4) is 0 Å². The molecular formula is C13H26N2O2. The van der Waals surface area contributed by atoms with Gasteiger partial charge in [0.2, 0.25) is 5.91 Å². The second-order valence-electron chi connectivity index (χ2n) is 5.18. The van der Waals surface area contributed by atoms with Gasteiger partial charge in [0.05, 0.1) is 11.6 Å². The fourth-order valence-corrected chi connectivity index (χ4v) is 2.28. The van der Waals surface area contributed by atoms with E-state index in [0.29, 0.717) is 6.10 Å². The topological polar surface area (TPSA) is 64.3 Å². The Morgan fingerprint density at radius 1 is 1.41 bits per heavy atom. The van der Waals surface area contributed by atoms with Crippen LogP contribution in [-0.2, 0) is 9.53 Å². The molecule has 0 aliphatic heterocycles. The number of hydrogen-bond donors (Lipinski definition) is 2. The molecule has 1 rings (SSSR count). The first-order valence-electron chi connectivity index (χ1n) is 6.69. The normalized spacial score (nSPS) is 21.1. The number of nitrogens with one attached hydrogen (secondary N) is 1. The maximum absolute atomic E-state index is 11.3. The van der Waals surface area contributed by atoms with E-state index in [9.17, 15) is 4.79 Å². The van der Waals surface area contributed by atoms with Gasteiger partial charge in [0.15, 0.2) is 0 Å². The molecule has 0 spiro atoms. The molecule has 1 unspecified atom stereocenters. The Balaban J connectivity index is 2.16. The zero-order valence-electron chi connectivity index (χ0n) is 11.1. The van der Waals surface area contributed by atoms with Crippen molar-refractivity contribution in [2.24, 2.45) is 5.73 Å². The number of carbonyl (C=O) groups is 1. The van der Waals surface area contributed by atoms with Gasteiger partial charge in [-0.2, -0.15) is 0 Å². The Kier molecular flexibility index (Phi) is 5.92. The van der Waals surface area contributed by atoms with Crippen LogP contribution in [0.2, 0.25) is 0 Å². The smallest absolute Gasteiger partial charge is 0.237 e. The lowest BCUT2D eigenvalue weighted by Gasteiger charge is -2.26. The molecule has 1 saturated carbocycles. The van der Waals surface area contributed by atoms with Gasteiger partial charge in [0.25, 0.3) is 0 Å². The van der Waals surface area contributed by atoms with Gasteiger partial charge < -0.3 is 15.8 Å². The predicted octanol–water partition coefficient (Wildman–Crippen LogP) is 1.58. The fraction of sp³-hybridized carbons (Fsp3) is 0.923. The van der Waals surface area contributed by atoms with Crippen LogP contribution in [0.4, 0.5) is 0 Å². The van der Waals surface area contributed by atoms with Gasteiger partial charge in [-0.3, -0.25) is 4.79 Å². The number of rotatable bonds is 7. The molecule has 17 heavy (non-hydrogen) atoms. The van der Waals surface area contributed by atoms with Crippen LogP contribution in [0.1, 0.15) is 51.9 Å². The maximum atomic E-state index is 11.3. The van der Waals surface area contributed by atoms with Crippen LogP contribution in [0.5, 0.6) is 0 Å². The molecule has 1 aliphatic rings. The van der Waals surface area contributed by atoms with Crippen LogP contribution in [0, 0.1) is 0 Å². The third-order valence-corrected chi connectivity index (χ3v) is 3.82. The summed E-state index contributed by atoms with van der Waals surface area (Å²) in [4.78, 5) is 11.3. The number of likely N-dealkylation sites (N-methyl/N-ethyl adjacent to an activating group) is 1. The second-order valence-corrected chi connectivity index (χ2v) is 5.18. The van der Waals surface area contributed by atoms with Gasteiger partial charge in [-0.05, 0) is 39.7 Å². The average Bonchev–Trinajstić information content (AvgIpc) is 2.35. The van der Waals surface area contributed by atoms with E-state index in [0.717, 1.165) is 19.4 Å². The van der Waals surface area contributed by atoms with Crippen molar-refractivity contribution in [2.75, 3.05) is 13.7 Å². The molecule has 0 aromatic rings. The summed E-state index contributed by atoms with van der Waals surface area (Å²) in [6.07, 6.45) is 8.36. The highest BCUT2D eigenvalue weighted by atomic mass is 16.5. The zero-order valence-corrected chi connectivity index (χ0v) is 11.1. The minimum atomic E-state index is -0.601. The molecule has 0 aromatic heterocycles. The van der Waals surface area contributed by atoms with Crippen LogP contribution in [0.15, 0.2) is 0 Å². The van der Waals surface area contributed by atoms with Crippen LogP contribution >= 0.6 is 0 Å². The monoisotopic (exact) mass is 242 g/mol. The van der Waals surface area contributed by atoms with Gasteiger partial charge in [0.1, 0.15) is 0 Å². The first-order valence-corrected chi connectivity index (χ1v) is 6.69. The first kappa shape index (κ1) is 14.5. The van der Waals surface area contributed by atoms with Crippen LogP contribution in [0.3, 0.4) is 0 Å². The van der Waals surface area contributed by atoms with Crippen molar-refractivity contribution < 1.29 is 9.53 Å². The summed E-state index contributed by atoms with van der Waals surface area (Å²) in [5.41, 5.74) is 4.76. The quantitative estimate of drug-likeness (QED) is 0.666. The summed E-state index contributed by atoms with van der Waals surface area (Å²) < 4.78 is 5.82. The van der Waals surface area contributed by atoms with Crippen molar-refractivity contribution in [1.82, 2.24) is 5.32 Å². The molecule has 0 bridgehead atoms. The second kappa shape index (κ2) is 6.97. The average molecular weight is 242 g/mol. The maximum Gasteiger partial charge on any atom is 0.237 e. The van der Waals surface area contributed by atoms with Crippen molar-refractivity contribution in [3.63, 3.8) is 0 Å². The number of nitrogens with two attached hydrogens (primary N) is 1. The Labute approximate surface area is 104 Å². The molecule has 4 nitrogen and oxygen atoms in total. The summed E-state index contributed by atoms with van der Waals surface area (Å²) in [5.74, 6) is -0.294. The lowest BCUT2D eigenvalue weighted by molar-refractivity contribution is -0.124. The van der Waals surface area contributed by atoms with Crippen LogP contribution in [0.25, 0.3) is 0 Å². The van der Waals surface area contributed by atoms with Gasteiger partial charge >= 0.3 is 0 Å². The molecule has 1 amide bonds. The van der Waals surface area contributed by atoms with E-state index in [1.165, 1.54) is 32.1 Å². The largest absolute Gasteiger partial charge is 0.378 e. The number of amides is 1. The Bertz CT molecular complexity index is 240. The molecule has 0 radical (unpaired) electrons. The van der Waals surface area contributed by atoms with Crippen LogP contribution < -0.4 is 11.1 Å². The summed E-state index contributed by atoms with van der Waals surface area (Å²) >= 11 is 0. The zero-order chi connectivity index (χ0) is 12.7. The van der Waals surface area contributed by atoms with Gasteiger partial charge in [-0.1, -0.05) is 19.3 Å². The number of primary amides is 1. The molecule has 1 fully saturated rings. The number of hydrogen-bond acceptors (Lipinski definition) is 3. The molecule has 0 aromatic carbocycles. The summed E-state index contributed by atoms with van der Waals surface area (Å²) in [6.45, 7) is 2.57. The van der Waals surface area contributed by atoms with Crippen molar-refractivity contribution in [2.45, 2.75) is 63.5 Å². The SMILES string of the molecule is CNC(C)(CCCOC1CCCCC1)C(N)=O. The van der Waals surface area contributed by atoms with E-state index >= 15 is 0 Å². The Morgan fingerprint density at radius 3 is 2.59 bits per heavy atom. The standard InChI is InChI=1S/C13H26N2O2/c1-13(15-2,12(14)16)9-6-10-17-11-7-4-3-5-8-11/h11,15H,3-10H2,1-2H3,(H2,14,16). The molecule has 0 heterocycles. The Morgan fingerprint density at radius 2 is 2.06 bits per heavy atom. The predicted molar refractivity (Wildman–Crippen MR) is 68.7 cm³/mol. The minimum absolute atomic E-state index is 0.294. The van der Waals surface area contributed by atoms with E-state index < -0.39 is 5.54 Å². The molecule has 1 atom stereocenters. The third kappa shape index (κ3) is 4.64. The minimum Gasteiger partial charge on any atom is -0.378 e. The van der Waals surface area contributed by atoms with E-state index in [-0.39, 0.29) is 5.91 Å². The number of carbonyl (C=O) groups excluding carboxylic acids is 1. The van der Waals surface area contributed by atoms with E-state index in [1.54, 1.807) is 7.05 Å². The highest BCUT2D eigenvalue weighted by Gasteiger charge is 2.28. The van der Waals surface area contributed by atoms with Crippen LogP contribution in [-0.4, -0.2) is 31.2 Å². The summed E-state index contributed by atoms with van der Waals surface area (Å²) in [5, 5.41) is 2.99. The van der Waals surface area contributed by atoms with Crippen molar-refractivity contribution in [3.05, 3.63) is 0 Å². The van der Waals surface area contributed by atoms with E-state index in [1.807, 2.05) is 6.92 Å². The molecular weight excluding hydrogens is 216 g/mol. The lowest BCUT2D eigenvalue weighted by atomic mass is 9.95. The Hall–Kier alpha value is -0.610. The highest BCUT2D eigenvalue weighted by Crippen LogP contribution is 2.21. The number of ether oxygens (including phenoxy) is 1. The summed E-state index contributed by atoms with van der Waals surface area (Å²) in [7, 11) is 1.77. The van der Waals surface area contributed by atoms with Crippen molar-refractivity contribution in [1.29, 1.82) is 0 Å². The molecule has 1 aliphatic carbocycles. The van der Waals surface area contributed by atoms with Gasteiger partial charge in [-0.15, -0.1) is 0 Å². The lowest BCUT2D eigenvalue weighted by Crippen LogP contribution is -2.51. The first-order chi connectivity index (χ1) is 8.08. The van der Waals surface area contributed by atoms with Crippen molar-refractivity contribution >= 4 is 5.91 Å². The third-order valence-electron chi connectivity index (χ3n) is 3.82. The molecule has 3 N–H and O–H groups in total. The van der Waals surface area contributed by atoms with E-state index in [2.05, 4.69) is 5.32 Å².